The van der Waals surface area contributed by atoms with Crippen LogP contribution in [0, 0.1) is 0 Å². The Morgan fingerprint density at radius 2 is 2.05 bits per heavy atom. The minimum Gasteiger partial charge on any atom is -0.323 e. The third kappa shape index (κ3) is 3.00. The molecule has 9 heteroatoms. The summed E-state index contributed by atoms with van der Waals surface area (Å²) in [7, 11) is 0. The van der Waals surface area contributed by atoms with Crippen LogP contribution < -0.4 is 11.2 Å². The molecule has 2 rings (SSSR count). The van der Waals surface area contributed by atoms with Gasteiger partial charge < -0.3 is 11.2 Å². The SMILES string of the molecule is Nn1cc(C(=O)Nc2ccc(C(F)(F)F)nc2)cn1. The lowest BCUT2D eigenvalue weighted by Crippen LogP contribution is -2.13. The van der Waals surface area contributed by atoms with Crippen LogP contribution >= 0.6 is 0 Å². The number of alkyl halides is 3. The quantitative estimate of drug-likeness (QED) is 0.805. The second kappa shape index (κ2) is 4.59. The molecule has 19 heavy (non-hydrogen) atoms. The summed E-state index contributed by atoms with van der Waals surface area (Å²) >= 11 is 0. The Balaban J connectivity index is 2.10. The minimum absolute atomic E-state index is 0.141. The van der Waals surface area contributed by atoms with Crippen LogP contribution in [0.4, 0.5) is 18.9 Å². The van der Waals surface area contributed by atoms with Crippen LogP contribution in [0.5, 0.6) is 0 Å². The van der Waals surface area contributed by atoms with Crippen molar-refractivity contribution in [1.29, 1.82) is 0 Å². The zero-order chi connectivity index (χ0) is 14.0. The molecule has 6 nitrogen and oxygen atoms in total. The fourth-order valence-corrected chi connectivity index (χ4v) is 1.29. The molecule has 0 saturated carbocycles. The number of halogens is 3. The molecule has 0 aliphatic heterocycles. The summed E-state index contributed by atoms with van der Waals surface area (Å²) in [5, 5.41) is 5.97. The molecular formula is C10H8F3N5O. The zero-order valence-electron chi connectivity index (χ0n) is 9.35. The number of hydrogen-bond acceptors (Lipinski definition) is 4. The van der Waals surface area contributed by atoms with Crippen molar-refractivity contribution in [3.05, 3.63) is 42.0 Å². The number of amides is 1. The van der Waals surface area contributed by atoms with Gasteiger partial charge in [-0.05, 0) is 12.1 Å². The van der Waals surface area contributed by atoms with Gasteiger partial charge in [-0.3, -0.25) is 4.79 Å². The maximum absolute atomic E-state index is 12.3. The average molecular weight is 271 g/mol. The molecule has 0 atom stereocenters. The highest BCUT2D eigenvalue weighted by Gasteiger charge is 2.32. The van der Waals surface area contributed by atoms with E-state index in [1.54, 1.807) is 0 Å². The molecule has 100 valence electrons. The van der Waals surface area contributed by atoms with Crippen molar-refractivity contribution in [2.45, 2.75) is 6.18 Å². The van der Waals surface area contributed by atoms with Crippen molar-refractivity contribution in [2.24, 2.45) is 0 Å². The maximum atomic E-state index is 12.3. The molecule has 3 N–H and O–H groups in total. The lowest BCUT2D eigenvalue weighted by atomic mass is 10.3. The Kier molecular flexibility index (Phi) is 3.11. The van der Waals surface area contributed by atoms with Crippen molar-refractivity contribution in [3.63, 3.8) is 0 Å². The van der Waals surface area contributed by atoms with Gasteiger partial charge in [0.2, 0.25) is 0 Å². The number of nitrogens with zero attached hydrogens (tertiary/aromatic N) is 3. The predicted octanol–water partition coefficient (Wildman–Crippen LogP) is 1.26. The van der Waals surface area contributed by atoms with E-state index >= 15 is 0 Å². The Morgan fingerprint density at radius 1 is 1.32 bits per heavy atom. The van der Waals surface area contributed by atoms with Gasteiger partial charge in [-0.2, -0.15) is 23.1 Å². The lowest BCUT2D eigenvalue weighted by Gasteiger charge is -2.07. The number of carbonyl (C=O) groups is 1. The first-order valence-electron chi connectivity index (χ1n) is 5.00. The monoisotopic (exact) mass is 271 g/mol. The first kappa shape index (κ1) is 12.9. The van der Waals surface area contributed by atoms with E-state index in [4.69, 9.17) is 5.84 Å². The fourth-order valence-electron chi connectivity index (χ4n) is 1.29. The van der Waals surface area contributed by atoms with Crippen LogP contribution in [0.2, 0.25) is 0 Å². The van der Waals surface area contributed by atoms with Crippen molar-refractivity contribution in [3.8, 4) is 0 Å². The first-order valence-corrected chi connectivity index (χ1v) is 5.00. The number of anilines is 1. The van der Waals surface area contributed by atoms with Crippen LogP contribution in [-0.2, 0) is 6.18 Å². The standard InChI is InChI=1S/C10H8F3N5O/c11-10(12,13)8-2-1-7(4-15-8)17-9(19)6-3-16-18(14)5-6/h1-5H,14H2,(H,17,19). The number of nitrogen functional groups attached to an aromatic ring is 1. The van der Waals surface area contributed by atoms with E-state index in [2.05, 4.69) is 15.4 Å². The topological polar surface area (TPSA) is 85.8 Å². The third-order valence-corrected chi connectivity index (χ3v) is 2.18. The van der Waals surface area contributed by atoms with Gasteiger partial charge in [0.1, 0.15) is 5.69 Å². The highest BCUT2D eigenvalue weighted by Crippen LogP contribution is 2.27. The van der Waals surface area contributed by atoms with Gasteiger partial charge in [-0.25, -0.2) is 4.98 Å². The Labute approximate surface area is 105 Å². The summed E-state index contributed by atoms with van der Waals surface area (Å²) in [6.45, 7) is 0. The fraction of sp³-hybridized carbons (Fsp3) is 0.100. The zero-order valence-corrected chi connectivity index (χ0v) is 9.35. The number of nitrogens with two attached hydrogens (primary N) is 1. The van der Waals surface area contributed by atoms with Gasteiger partial charge in [0.05, 0.1) is 29.8 Å². The second-order valence-corrected chi connectivity index (χ2v) is 3.59. The molecule has 0 unspecified atom stereocenters. The molecule has 0 radical (unpaired) electrons. The van der Waals surface area contributed by atoms with Crippen LogP contribution in [0.15, 0.2) is 30.7 Å². The maximum Gasteiger partial charge on any atom is 0.433 e. The molecule has 2 aromatic heterocycles. The van der Waals surface area contributed by atoms with E-state index in [9.17, 15) is 18.0 Å². The number of aromatic nitrogens is 3. The van der Waals surface area contributed by atoms with E-state index in [0.29, 0.717) is 0 Å². The molecule has 0 fully saturated rings. The summed E-state index contributed by atoms with van der Waals surface area (Å²) < 4.78 is 36.8. The highest BCUT2D eigenvalue weighted by molar-refractivity contribution is 6.03. The van der Waals surface area contributed by atoms with Gasteiger partial charge in [0.25, 0.3) is 5.91 Å². The van der Waals surface area contributed by atoms with Crippen LogP contribution in [-0.4, -0.2) is 20.8 Å². The summed E-state index contributed by atoms with van der Waals surface area (Å²) in [4.78, 5) is 15.8. The van der Waals surface area contributed by atoms with E-state index in [0.717, 1.165) is 23.1 Å². The minimum atomic E-state index is -4.51. The molecular weight excluding hydrogens is 263 g/mol. The summed E-state index contributed by atoms with van der Waals surface area (Å²) in [5.41, 5.74) is -0.703. The molecule has 0 spiro atoms. The molecule has 1 amide bonds. The lowest BCUT2D eigenvalue weighted by molar-refractivity contribution is -0.141. The predicted molar refractivity (Wildman–Crippen MR) is 59.6 cm³/mol. The first-order chi connectivity index (χ1) is 8.86. The van der Waals surface area contributed by atoms with Gasteiger partial charge in [-0.1, -0.05) is 0 Å². The molecule has 0 aromatic carbocycles. The largest absolute Gasteiger partial charge is 0.433 e. The van der Waals surface area contributed by atoms with Crippen molar-refractivity contribution >= 4 is 11.6 Å². The Bertz CT molecular complexity index is 590. The van der Waals surface area contributed by atoms with E-state index in [1.807, 2.05) is 0 Å². The molecule has 2 heterocycles. The number of pyridine rings is 1. The Morgan fingerprint density at radius 3 is 2.53 bits per heavy atom. The van der Waals surface area contributed by atoms with Crippen LogP contribution in [0.1, 0.15) is 16.1 Å². The van der Waals surface area contributed by atoms with Crippen molar-refractivity contribution in [1.82, 2.24) is 14.9 Å². The second-order valence-electron chi connectivity index (χ2n) is 3.59. The van der Waals surface area contributed by atoms with Gasteiger partial charge >= 0.3 is 6.18 Å². The van der Waals surface area contributed by atoms with Gasteiger partial charge in [-0.15, -0.1) is 0 Å². The molecule has 0 saturated heterocycles. The molecule has 0 bridgehead atoms. The van der Waals surface area contributed by atoms with E-state index in [1.165, 1.54) is 12.4 Å². The smallest absolute Gasteiger partial charge is 0.323 e. The van der Waals surface area contributed by atoms with E-state index < -0.39 is 17.8 Å². The third-order valence-electron chi connectivity index (χ3n) is 2.18. The number of nitrogens with one attached hydrogen (secondary N) is 1. The van der Waals surface area contributed by atoms with Gasteiger partial charge in [0.15, 0.2) is 0 Å². The average Bonchev–Trinajstić information content (AvgIpc) is 2.75. The van der Waals surface area contributed by atoms with Crippen LogP contribution in [0.25, 0.3) is 0 Å². The van der Waals surface area contributed by atoms with Crippen LogP contribution in [0.3, 0.4) is 0 Å². The molecule has 2 aromatic rings. The normalized spacial score (nSPS) is 11.3. The Hall–Kier alpha value is -2.58. The summed E-state index contributed by atoms with van der Waals surface area (Å²) in [5.74, 6) is 4.72. The summed E-state index contributed by atoms with van der Waals surface area (Å²) in [6, 6.07) is 1.89. The molecule has 0 aliphatic carbocycles. The number of hydrogen-bond donors (Lipinski definition) is 2. The van der Waals surface area contributed by atoms with Crippen molar-refractivity contribution in [2.75, 3.05) is 11.2 Å². The number of carbonyl (C=O) groups excluding carboxylic acids is 1. The van der Waals surface area contributed by atoms with Crippen molar-refractivity contribution < 1.29 is 18.0 Å². The summed E-state index contributed by atoms with van der Waals surface area (Å²) in [6.07, 6.45) is -1.09. The van der Waals surface area contributed by atoms with E-state index in [-0.39, 0.29) is 11.3 Å². The van der Waals surface area contributed by atoms with Gasteiger partial charge in [0, 0.05) is 0 Å². The number of rotatable bonds is 2. The highest BCUT2D eigenvalue weighted by atomic mass is 19.4. The molecule has 0 aliphatic rings.